The summed E-state index contributed by atoms with van der Waals surface area (Å²) >= 11 is 3.44. The molecule has 2 aromatic carbocycles. The van der Waals surface area contributed by atoms with Gasteiger partial charge in [0.25, 0.3) is 0 Å². The summed E-state index contributed by atoms with van der Waals surface area (Å²) in [5, 5.41) is 2.85. The summed E-state index contributed by atoms with van der Waals surface area (Å²) in [6.45, 7) is 4.72. The summed E-state index contributed by atoms with van der Waals surface area (Å²) in [7, 11) is -2.10. The molecule has 0 bridgehead atoms. The van der Waals surface area contributed by atoms with Crippen LogP contribution in [0.2, 0.25) is 0 Å². The SMILES string of the molecule is CCCNC(=O)[C@@H](C)N(Cc1cccc(Br)c1)C(=O)CCCN(C)S(=O)(=O)c1ccccc1. The third-order valence-electron chi connectivity index (χ3n) is 5.27. The van der Waals surface area contributed by atoms with Gasteiger partial charge in [0.1, 0.15) is 6.04 Å². The maximum atomic E-state index is 13.1. The first-order valence-corrected chi connectivity index (χ1v) is 13.2. The molecule has 0 heterocycles. The molecular weight excluding hydrogens is 506 g/mol. The molecule has 180 valence electrons. The molecule has 33 heavy (non-hydrogen) atoms. The normalized spacial score (nSPS) is 12.4. The number of carbonyl (C=O) groups is 2. The lowest BCUT2D eigenvalue weighted by Gasteiger charge is -2.29. The Kier molecular flexibility index (Phi) is 10.5. The fourth-order valence-electron chi connectivity index (χ4n) is 3.30. The summed E-state index contributed by atoms with van der Waals surface area (Å²) in [5.74, 6) is -0.399. The minimum atomic E-state index is -3.61. The fraction of sp³-hybridized carbons (Fsp3) is 0.417. The van der Waals surface area contributed by atoms with Crippen LogP contribution in [0.1, 0.15) is 38.7 Å². The molecule has 0 aromatic heterocycles. The molecule has 0 aliphatic carbocycles. The highest BCUT2D eigenvalue weighted by Gasteiger charge is 2.26. The lowest BCUT2D eigenvalue weighted by Crippen LogP contribution is -2.47. The van der Waals surface area contributed by atoms with E-state index in [1.807, 2.05) is 31.2 Å². The van der Waals surface area contributed by atoms with Crippen LogP contribution in [0, 0.1) is 0 Å². The van der Waals surface area contributed by atoms with E-state index in [4.69, 9.17) is 0 Å². The lowest BCUT2D eigenvalue weighted by atomic mass is 10.1. The standard InChI is InChI=1S/C24H32BrN3O4S/c1-4-15-26-24(30)19(2)28(18-20-10-8-11-21(25)17-20)23(29)14-9-16-27(3)33(31,32)22-12-6-5-7-13-22/h5-8,10-13,17,19H,4,9,14-16,18H2,1-3H3,(H,26,30)/t19-/m1/s1. The van der Waals surface area contributed by atoms with E-state index in [1.165, 1.54) is 11.4 Å². The van der Waals surface area contributed by atoms with E-state index in [-0.39, 0.29) is 36.2 Å². The third-order valence-corrected chi connectivity index (χ3v) is 7.64. The molecule has 0 spiro atoms. The Labute approximate surface area is 205 Å². The Balaban J connectivity index is 2.06. The van der Waals surface area contributed by atoms with Crippen LogP contribution in [0.5, 0.6) is 0 Å². The first-order valence-electron chi connectivity index (χ1n) is 11.0. The fourth-order valence-corrected chi connectivity index (χ4v) is 4.98. The number of nitrogens with one attached hydrogen (secondary N) is 1. The molecule has 7 nitrogen and oxygen atoms in total. The van der Waals surface area contributed by atoms with Gasteiger partial charge in [-0.25, -0.2) is 12.7 Å². The van der Waals surface area contributed by atoms with Crippen LogP contribution < -0.4 is 5.32 Å². The van der Waals surface area contributed by atoms with Crippen molar-refractivity contribution in [3.63, 3.8) is 0 Å². The van der Waals surface area contributed by atoms with Crippen LogP contribution in [0.15, 0.2) is 64.0 Å². The van der Waals surface area contributed by atoms with E-state index in [9.17, 15) is 18.0 Å². The van der Waals surface area contributed by atoms with Gasteiger partial charge in [0.2, 0.25) is 21.8 Å². The first kappa shape index (κ1) is 27.0. The minimum Gasteiger partial charge on any atom is -0.354 e. The van der Waals surface area contributed by atoms with Crippen LogP contribution in [0.4, 0.5) is 0 Å². The molecule has 0 saturated carbocycles. The van der Waals surface area contributed by atoms with Crippen LogP contribution in [0.25, 0.3) is 0 Å². The van der Waals surface area contributed by atoms with Gasteiger partial charge in [-0.2, -0.15) is 0 Å². The second kappa shape index (κ2) is 12.9. The van der Waals surface area contributed by atoms with E-state index >= 15 is 0 Å². The van der Waals surface area contributed by atoms with Gasteiger partial charge in [0.15, 0.2) is 0 Å². The van der Waals surface area contributed by atoms with E-state index < -0.39 is 16.1 Å². The molecule has 0 fully saturated rings. The molecule has 0 aliphatic rings. The van der Waals surface area contributed by atoms with Crippen molar-refractivity contribution in [3.8, 4) is 0 Å². The largest absolute Gasteiger partial charge is 0.354 e. The van der Waals surface area contributed by atoms with Crippen molar-refractivity contribution in [3.05, 3.63) is 64.6 Å². The Hall–Kier alpha value is -2.23. The number of rotatable bonds is 12. The van der Waals surface area contributed by atoms with Crippen molar-refractivity contribution in [1.82, 2.24) is 14.5 Å². The Bertz CT molecular complexity index is 1030. The van der Waals surface area contributed by atoms with Gasteiger partial charge < -0.3 is 10.2 Å². The first-order chi connectivity index (χ1) is 15.7. The summed E-state index contributed by atoms with van der Waals surface area (Å²) in [6.07, 6.45) is 1.29. The minimum absolute atomic E-state index is 0.133. The van der Waals surface area contributed by atoms with Crippen molar-refractivity contribution in [2.45, 2.75) is 50.6 Å². The number of benzene rings is 2. The predicted octanol–water partition coefficient (Wildman–Crippen LogP) is 3.79. The van der Waals surface area contributed by atoms with Crippen molar-refractivity contribution in [2.75, 3.05) is 20.1 Å². The van der Waals surface area contributed by atoms with Crippen molar-refractivity contribution < 1.29 is 18.0 Å². The molecule has 1 atom stereocenters. The lowest BCUT2D eigenvalue weighted by molar-refractivity contribution is -0.140. The quantitative estimate of drug-likeness (QED) is 0.446. The average molecular weight is 539 g/mol. The highest BCUT2D eigenvalue weighted by Crippen LogP contribution is 2.18. The number of nitrogens with zero attached hydrogens (tertiary/aromatic N) is 2. The second-order valence-corrected chi connectivity index (χ2v) is 10.8. The maximum absolute atomic E-state index is 13.1. The molecule has 2 amide bonds. The Morgan fingerprint density at radius 3 is 2.42 bits per heavy atom. The second-order valence-electron chi connectivity index (χ2n) is 7.86. The number of hydrogen-bond donors (Lipinski definition) is 1. The molecule has 0 saturated heterocycles. The van der Waals surface area contributed by atoms with Gasteiger partial charge in [-0.15, -0.1) is 0 Å². The maximum Gasteiger partial charge on any atom is 0.242 e. The van der Waals surface area contributed by atoms with Crippen molar-refractivity contribution in [2.24, 2.45) is 0 Å². The third kappa shape index (κ3) is 7.94. The van der Waals surface area contributed by atoms with Gasteiger partial charge in [0, 0.05) is 37.6 Å². The van der Waals surface area contributed by atoms with Gasteiger partial charge in [0.05, 0.1) is 4.90 Å². The van der Waals surface area contributed by atoms with Crippen molar-refractivity contribution in [1.29, 1.82) is 0 Å². The highest BCUT2D eigenvalue weighted by molar-refractivity contribution is 9.10. The molecule has 0 aliphatic heterocycles. The van der Waals surface area contributed by atoms with Crippen LogP contribution in [-0.2, 0) is 26.2 Å². The summed E-state index contributed by atoms with van der Waals surface area (Å²) in [6, 6.07) is 15.2. The summed E-state index contributed by atoms with van der Waals surface area (Å²) in [4.78, 5) is 27.5. The number of carbonyl (C=O) groups excluding carboxylic acids is 2. The van der Waals surface area contributed by atoms with Crippen LogP contribution >= 0.6 is 15.9 Å². The monoisotopic (exact) mass is 537 g/mol. The topological polar surface area (TPSA) is 86.8 Å². The number of halogens is 1. The zero-order valence-corrected chi connectivity index (χ0v) is 21.7. The summed E-state index contributed by atoms with van der Waals surface area (Å²) in [5.41, 5.74) is 0.900. The smallest absolute Gasteiger partial charge is 0.242 e. The van der Waals surface area contributed by atoms with Crippen molar-refractivity contribution >= 4 is 37.8 Å². The van der Waals surface area contributed by atoms with Crippen LogP contribution in [0.3, 0.4) is 0 Å². The molecular formula is C24H32BrN3O4S. The zero-order valence-electron chi connectivity index (χ0n) is 19.3. The zero-order chi connectivity index (χ0) is 24.4. The number of amides is 2. The Morgan fingerprint density at radius 1 is 1.09 bits per heavy atom. The van der Waals surface area contributed by atoms with Gasteiger partial charge in [-0.1, -0.05) is 53.2 Å². The average Bonchev–Trinajstić information content (AvgIpc) is 2.80. The van der Waals surface area contributed by atoms with Gasteiger partial charge in [-0.3, -0.25) is 9.59 Å². The number of sulfonamides is 1. The highest BCUT2D eigenvalue weighted by atomic mass is 79.9. The molecule has 2 aromatic rings. The number of hydrogen-bond acceptors (Lipinski definition) is 4. The summed E-state index contributed by atoms with van der Waals surface area (Å²) < 4.78 is 27.5. The van der Waals surface area contributed by atoms with Gasteiger partial charge in [-0.05, 0) is 49.6 Å². The molecule has 2 rings (SSSR count). The van der Waals surface area contributed by atoms with Gasteiger partial charge >= 0.3 is 0 Å². The van der Waals surface area contributed by atoms with Crippen LogP contribution in [-0.4, -0.2) is 55.6 Å². The molecule has 1 N–H and O–H groups in total. The predicted molar refractivity (Wildman–Crippen MR) is 133 cm³/mol. The van der Waals surface area contributed by atoms with E-state index in [0.29, 0.717) is 13.0 Å². The van der Waals surface area contributed by atoms with E-state index in [1.54, 1.807) is 42.2 Å². The molecule has 9 heteroatoms. The molecule has 0 unspecified atom stereocenters. The van der Waals surface area contributed by atoms with E-state index in [2.05, 4.69) is 21.2 Å². The van der Waals surface area contributed by atoms with E-state index in [0.717, 1.165) is 16.5 Å². The molecule has 0 radical (unpaired) electrons. The Morgan fingerprint density at radius 2 is 1.79 bits per heavy atom.